The van der Waals surface area contributed by atoms with Crippen molar-refractivity contribution in [2.24, 2.45) is 0 Å². The van der Waals surface area contributed by atoms with Gasteiger partial charge < -0.3 is 5.32 Å². The first-order chi connectivity index (χ1) is 10.6. The van der Waals surface area contributed by atoms with Gasteiger partial charge in [-0.2, -0.15) is 0 Å². The van der Waals surface area contributed by atoms with E-state index in [1.54, 1.807) is 24.3 Å². The van der Waals surface area contributed by atoms with Gasteiger partial charge in [0.25, 0.3) is 5.91 Å². The maximum atomic E-state index is 12.4. The molecule has 0 aliphatic carbocycles. The number of carbonyl (C=O) groups excluding carboxylic acids is 2. The van der Waals surface area contributed by atoms with Crippen LogP contribution in [0.3, 0.4) is 0 Å². The van der Waals surface area contributed by atoms with Gasteiger partial charge in [0, 0.05) is 5.02 Å². The third-order valence-electron chi connectivity index (χ3n) is 3.90. The number of amides is 2. The van der Waals surface area contributed by atoms with Gasteiger partial charge in [0.1, 0.15) is 0 Å². The molecule has 0 unspecified atom stereocenters. The number of nitrogens with one attached hydrogen (secondary N) is 1. The molecule has 0 aromatic heterocycles. The number of anilines is 1. The van der Waals surface area contributed by atoms with Crippen LogP contribution in [0.15, 0.2) is 24.3 Å². The second kappa shape index (κ2) is 8.30. The van der Waals surface area contributed by atoms with Crippen molar-refractivity contribution in [3.63, 3.8) is 0 Å². The maximum absolute atomic E-state index is 12.4. The first-order valence-electron chi connectivity index (χ1n) is 7.99. The lowest BCUT2D eigenvalue weighted by atomic mass is 10.1. The molecular formula is C17H23ClN2O2. The number of nitrogens with zero attached hydrogens (tertiary/aromatic N) is 1. The lowest BCUT2D eigenvalue weighted by molar-refractivity contribution is -0.121. The summed E-state index contributed by atoms with van der Waals surface area (Å²) in [5.74, 6) is -0.323. The highest BCUT2D eigenvalue weighted by Crippen LogP contribution is 2.24. The van der Waals surface area contributed by atoms with E-state index in [1.807, 2.05) is 0 Å². The average molecular weight is 323 g/mol. The molecule has 0 saturated carbocycles. The molecule has 1 saturated heterocycles. The largest absolute Gasteiger partial charge is 0.305 e. The molecule has 2 amide bonds. The van der Waals surface area contributed by atoms with E-state index >= 15 is 0 Å². The van der Waals surface area contributed by atoms with Gasteiger partial charge in [-0.1, -0.05) is 44.2 Å². The van der Waals surface area contributed by atoms with Crippen molar-refractivity contribution >= 4 is 29.1 Å². The molecule has 1 aromatic carbocycles. The van der Waals surface area contributed by atoms with Crippen molar-refractivity contribution in [3.8, 4) is 0 Å². The lowest BCUT2D eigenvalue weighted by Gasteiger charge is -2.15. The van der Waals surface area contributed by atoms with Crippen LogP contribution in [0.1, 0.15) is 45.4 Å². The molecule has 1 aliphatic rings. The number of halogens is 1. The smallest absolute Gasteiger partial charge is 0.251 e. The first-order valence-corrected chi connectivity index (χ1v) is 8.37. The number of rotatable bonds is 8. The van der Waals surface area contributed by atoms with Crippen LogP contribution in [-0.4, -0.2) is 24.4 Å². The van der Waals surface area contributed by atoms with Crippen LogP contribution in [0.25, 0.3) is 0 Å². The van der Waals surface area contributed by atoms with Crippen molar-refractivity contribution in [2.45, 2.75) is 51.5 Å². The van der Waals surface area contributed by atoms with Gasteiger partial charge in [-0.15, -0.1) is 0 Å². The van der Waals surface area contributed by atoms with E-state index in [1.165, 1.54) is 24.2 Å². The van der Waals surface area contributed by atoms with E-state index in [4.69, 9.17) is 11.6 Å². The monoisotopic (exact) mass is 322 g/mol. The zero-order chi connectivity index (χ0) is 15.9. The summed E-state index contributed by atoms with van der Waals surface area (Å²) in [4.78, 5) is 25.7. The van der Waals surface area contributed by atoms with E-state index < -0.39 is 6.04 Å². The number of carbonyl (C=O) groups is 2. The van der Waals surface area contributed by atoms with Crippen LogP contribution in [-0.2, 0) is 9.59 Å². The van der Waals surface area contributed by atoms with E-state index in [9.17, 15) is 9.59 Å². The molecule has 0 radical (unpaired) electrons. The molecule has 2 rings (SSSR count). The van der Waals surface area contributed by atoms with Gasteiger partial charge >= 0.3 is 0 Å². The van der Waals surface area contributed by atoms with E-state index in [-0.39, 0.29) is 18.2 Å². The van der Waals surface area contributed by atoms with Crippen molar-refractivity contribution in [2.75, 3.05) is 11.4 Å². The topological polar surface area (TPSA) is 49.4 Å². The molecule has 1 heterocycles. The van der Waals surface area contributed by atoms with E-state index in [2.05, 4.69) is 12.2 Å². The van der Waals surface area contributed by atoms with Gasteiger partial charge in [-0.3, -0.25) is 9.59 Å². The highest BCUT2D eigenvalue weighted by molar-refractivity contribution is 6.30. The number of hydrogen-bond acceptors (Lipinski definition) is 3. The van der Waals surface area contributed by atoms with E-state index in [0.29, 0.717) is 10.7 Å². The Morgan fingerprint density at radius 3 is 2.50 bits per heavy atom. The van der Waals surface area contributed by atoms with Crippen molar-refractivity contribution in [1.29, 1.82) is 0 Å². The molecule has 1 N–H and O–H groups in total. The molecule has 1 aliphatic heterocycles. The zero-order valence-electron chi connectivity index (χ0n) is 13.0. The Kier molecular flexibility index (Phi) is 6.40. The van der Waals surface area contributed by atoms with Gasteiger partial charge in [-0.25, -0.2) is 4.90 Å². The predicted molar refractivity (Wildman–Crippen MR) is 89.1 cm³/mol. The highest BCUT2D eigenvalue weighted by Gasteiger charge is 2.38. The number of unbranched alkanes of at least 4 members (excludes halogenated alkanes) is 4. The molecule has 5 heteroatoms. The maximum Gasteiger partial charge on any atom is 0.251 e. The number of hydrogen-bond donors (Lipinski definition) is 1. The standard InChI is InChI=1S/C17H23ClN2O2/c1-2-3-4-5-6-11-19-15-12-16(21)20(17(15)22)14-9-7-13(18)8-10-14/h7-10,15,19H,2-6,11-12H2,1H3/t15-/m1/s1. The summed E-state index contributed by atoms with van der Waals surface area (Å²) in [6.07, 6.45) is 6.14. The molecule has 0 bridgehead atoms. The fourth-order valence-electron chi connectivity index (χ4n) is 2.66. The van der Waals surface area contributed by atoms with Gasteiger partial charge in [0.15, 0.2) is 0 Å². The minimum Gasteiger partial charge on any atom is -0.305 e. The van der Waals surface area contributed by atoms with Crippen molar-refractivity contribution in [3.05, 3.63) is 29.3 Å². The minimum atomic E-state index is -0.394. The number of benzene rings is 1. The summed E-state index contributed by atoms with van der Waals surface area (Å²) < 4.78 is 0. The summed E-state index contributed by atoms with van der Waals surface area (Å²) in [6.45, 7) is 2.97. The molecule has 4 nitrogen and oxygen atoms in total. The Balaban J connectivity index is 1.85. The van der Waals surface area contributed by atoms with Crippen LogP contribution in [0.2, 0.25) is 5.02 Å². The SMILES string of the molecule is CCCCCCCN[C@@H]1CC(=O)N(c2ccc(Cl)cc2)C1=O. The minimum absolute atomic E-state index is 0.157. The Labute approximate surface area is 136 Å². The molecule has 1 fully saturated rings. The average Bonchev–Trinajstić information content (AvgIpc) is 2.78. The third kappa shape index (κ3) is 4.31. The Hall–Kier alpha value is -1.39. The van der Waals surface area contributed by atoms with E-state index in [0.717, 1.165) is 19.4 Å². The Bertz CT molecular complexity index is 516. The summed E-state index contributed by atoms with van der Waals surface area (Å²) in [5.41, 5.74) is 0.589. The second-order valence-corrected chi connectivity index (χ2v) is 6.11. The van der Waals surface area contributed by atoms with Crippen LogP contribution in [0, 0.1) is 0 Å². The predicted octanol–water partition coefficient (Wildman–Crippen LogP) is 3.53. The second-order valence-electron chi connectivity index (χ2n) is 5.67. The Morgan fingerprint density at radius 1 is 1.14 bits per heavy atom. The van der Waals surface area contributed by atoms with Crippen molar-refractivity contribution < 1.29 is 9.59 Å². The quantitative estimate of drug-likeness (QED) is 0.588. The molecule has 1 atom stereocenters. The van der Waals surface area contributed by atoms with Gasteiger partial charge in [-0.05, 0) is 37.2 Å². The summed E-state index contributed by atoms with van der Waals surface area (Å²) in [5, 5.41) is 3.80. The van der Waals surface area contributed by atoms with Gasteiger partial charge in [0.2, 0.25) is 5.91 Å². The lowest BCUT2D eigenvalue weighted by Crippen LogP contribution is -2.39. The van der Waals surface area contributed by atoms with Crippen molar-refractivity contribution in [1.82, 2.24) is 5.32 Å². The normalized spacial score (nSPS) is 18.3. The van der Waals surface area contributed by atoms with Crippen LogP contribution in [0.4, 0.5) is 5.69 Å². The summed E-state index contributed by atoms with van der Waals surface area (Å²) in [6, 6.07) is 6.38. The molecule has 0 spiro atoms. The van der Waals surface area contributed by atoms with Crippen LogP contribution >= 0.6 is 11.6 Å². The zero-order valence-corrected chi connectivity index (χ0v) is 13.7. The third-order valence-corrected chi connectivity index (χ3v) is 4.15. The summed E-state index contributed by atoms with van der Waals surface area (Å²) >= 11 is 5.84. The van der Waals surface area contributed by atoms with Gasteiger partial charge in [0.05, 0.1) is 18.2 Å². The summed E-state index contributed by atoms with van der Waals surface area (Å²) in [7, 11) is 0. The first kappa shape index (κ1) is 17.0. The Morgan fingerprint density at radius 2 is 1.82 bits per heavy atom. The molecule has 120 valence electrons. The molecule has 22 heavy (non-hydrogen) atoms. The molecule has 1 aromatic rings. The highest BCUT2D eigenvalue weighted by atomic mass is 35.5. The molecular weight excluding hydrogens is 300 g/mol. The number of imide groups is 1. The van der Waals surface area contributed by atoms with Crippen LogP contribution in [0.5, 0.6) is 0 Å². The van der Waals surface area contributed by atoms with Crippen LogP contribution < -0.4 is 10.2 Å². The fraction of sp³-hybridized carbons (Fsp3) is 0.529. The fourth-order valence-corrected chi connectivity index (χ4v) is 2.78.